The number of hydrogen-bond acceptors (Lipinski definition) is 12. The first-order valence-electron chi connectivity index (χ1n) is 24.8. The predicted molar refractivity (Wildman–Crippen MR) is 300 cm³/mol. The van der Waals surface area contributed by atoms with Crippen LogP contribution in [0.2, 0.25) is 0 Å². The van der Waals surface area contributed by atoms with Crippen molar-refractivity contribution in [3.63, 3.8) is 0 Å². The van der Waals surface area contributed by atoms with Crippen LogP contribution in [0, 0.1) is 13.8 Å². The Balaban J connectivity index is 1.29. The molecule has 12 heteroatoms. The number of aromatic nitrogens is 4. The third kappa shape index (κ3) is 11.2. The summed E-state index contributed by atoms with van der Waals surface area (Å²) in [6, 6.07) is 17.8. The Labute approximate surface area is 442 Å². The van der Waals surface area contributed by atoms with E-state index in [9.17, 15) is 10.2 Å². The molecule has 8 bridgehead atoms. The maximum atomic E-state index is 12.6. The van der Waals surface area contributed by atoms with Gasteiger partial charge in [-0.25, -0.2) is 19.9 Å². The quantitative estimate of drug-likeness (QED) is 0.155. The lowest BCUT2D eigenvalue weighted by Crippen LogP contribution is -2.17. The normalized spacial score (nSPS) is 13.4. The van der Waals surface area contributed by atoms with Crippen molar-refractivity contribution in [3.8, 4) is 43.0 Å². The first kappa shape index (κ1) is 51.5. The van der Waals surface area contributed by atoms with Crippen molar-refractivity contribution in [2.45, 2.75) is 157 Å². The SMILES string of the molecule is Cc1csc(-c2nc(COc3c4cc(C(C)(C)C)cc3Cc3cc(C(C)(C)C)cc(c3OCc3csc(-c5nc(C)cs5)n3)Cc3cc(C(C)(C)C)cc(c3O)Cc3cc(C(C)(C)C)cc(c3O)C4)cs2)n1. The molecule has 376 valence electrons. The Morgan fingerprint density at radius 2 is 0.639 bits per heavy atom. The molecule has 8 aromatic rings. The molecule has 0 saturated carbocycles. The van der Waals surface area contributed by atoms with Gasteiger partial charge >= 0.3 is 0 Å². The second-order valence-corrected chi connectivity index (χ2v) is 27.1. The molecule has 0 fully saturated rings. The van der Waals surface area contributed by atoms with Gasteiger partial charge in [0, 0.05) is 58.6 Å². The van der Waals surface area contributed by atoms with Crippen LogP contribution in [-0.2, 0) is 60.6 Å². The predicted octanol–water partition coefficient (Wildman–Crippen LogP) is 15.9. The van der Waals surface area contributed by atoms with E-state index in [0.29, 0.717) is 25.7 Å². The van der Waals surface area contributed by atoms with E-state index in [-0.39, 0.29) is 46.4 Å². The zero-order valence-corrected chi connectivity index (χ0v) is 47.6. The molecule has 1 aliphatic rings. The van der Waals surface area contributed by atoms with Gasteiger partial charge in [0.1, 0.15) is 36.2 Å². The molecule has 4 aromatic carbocycles. The van der Waals surface area contributed by atoms with Gasteiger partial charge in [-0.1, -0.05) is 132 Å². The summed E-state index contributed by atoms with van der Waals surface area (Å²) in [7, 11) is 0. The summed E-state index contributed by atoms with van der Waals surface area (Å²) in [5.41, 5.74) is 14.4. The number of hydrogen-bond donors (Lipinski definition) is 2. The van der Waals surface area contributed by atoms with Crippen molar-refractivity contribution >= 4 is 45.3 Å². The second kappa shape index (κ2) is 19.5. The average Bonchev–Trinajstić information content (AvgIpc) is 4.12. The number of aromatic hydroxyl groups is 2. The van der Waals surface area contributed by atoms with E-state index in [0.717, 1.165) is 110 Å². The summed E-state index contributed by atoms with van der Waals surface area (Å²) in [5, 5.41) is 37.0. The third-order valence-corrected chi connectivity index (χ3v) is 17.4. The Bertz CT molecular complexity index is 3090. The molecule has 8 nitrogen and oxygen atoms in total. The molecular weight excluding hydrogens is 969 g/mol. The lowest BCUT2D eigenvalue weighted by atomic mass is 9.79. The Hall–Kier alpha value is -5.40. The molecule has 9 rings (SSSR count). The fourth-order valence-electron chi connectivity index (χ4n) is 9.16. The molecule has 0 amide bonds. The van der Waals surface area contributed by atoms with Crippen molar-refractivity contribution in [2.75, 3.05) is 0 Å². The van der Waals surface area contributed by atoms with E-state index in [2.05, 4.69) is 153 Å². The number of aryl methyl sites for hydroxylation is 2. The highest BCUT2D eigenvalue weighted by Gasteiger charge is 2.29. The number of thiazole rings is 4. The highest BCUT2D eigenvalue weighted by molar-refractivity contribution is 7.20. The van der Waals surface area contributed by atoms with Crippen LogP contribution < -0.4 is 9.47 Å². The van der Waals surface area contributed by atoms with Gasteiger partial charge in [0.25, 0.3) is 0 Å². The fraction of sp³-hybridized carbons (Fsp3) is 0.400. The number of phenolic OH excluding ortho intramolecular Hbond substituents is 2. The van der Waals surface area contributed by atoms with Crippen molar-refractivity contribution in [1.29, 1.82) is 0 Å². The molecule has 2 N–H and O–H groups in total. The highest BCUT2D eigenvalue weighted by Crippen LogP contribution is 2.44. The summed E-state index contributed by atoms with van der Waals surface area (Å²) >= 11 is 6.37. The second-order valence-electron chi connectivity index (χ2n) is 23.7. The molecular formula is C60H68N4O4S4. The van der Waals surface area contributed by atoms with E-state index >= 15 is 0 Å². The van der Waals surface area contributed by atoms with Gasteiger partial charge in [0.15, 0.2) is 20.0 Å². The maximum Gasteiger partial charge on any atom is 0.152 e. The molecule has 72 heavy (non-hydrogen) atoms. The minimum Gasteiger partial charge on any atom is -0.507 e. The number of fused-ring (bicyclic) bond motifs is 8. The minimum absolute atomic E-state index is 0.222. The lowest BCUT2D eigenvalue weighted by molar-refractivity contribution is 0.292. The summed E-state index contributed by atoms with van der Waals surface area (Å²) < 4.78 is 14.3. The summed E-state index contributed by atoms with van der Waals surface area (Å²) in [6.45, 7) is 31.3. The van der Waals surface area contributed by atoms with Crippen molar-refractivity contribution in [1.82, 2.24) is 19.9 Å². The van der Waals surface area contributed by atoms with Gasteiger partial charge in [-0.3, -0.25) is 0 Å². The number of phenols is 2. The van der Waals surface area contributed by atoms with Crippen molar-refractivity contribution in [3.05, 3.63) is 160 Å². The van der Waals surface area contributed by atoms with E-state index < -0.39 is 0 Å². The van der Waals surface area contributed by atoms with Crippen LogP contribution >= 0.6 is 45.3 Å². The van der Waals surface area contributed by atoms with Gasteiger partial charge < -0.3 is 19.7 Å². The van der Waals surface area contributed by atoms with Gasteiger partial charge in [-0.15, -0.1) is 45.3 Å². The van der Waals surface area contributed by atoms with Gasteiger partial charge in [-0.2, -0.15) is 0 Å². The topological polar surface area (TPSA) is 110 Å². The molecule has 4 heterocycles. The summed E-state index contributed by atoms with van der Waals surface area (Å²) in [4.78, 5) is 19.5. The van der Waals surface area contributed by atoms with Crippen LogP contribution in [0.5, 0.6) is 23.0 Å². The number of ether oxygens (including phenoxy) is 2. The van der Waals surface area contributed by atoms with Crippen LogP contribution in [-0.4, -0.2) is 30.1 Å². The number of rotatable bonds is 8. The van der Waals surface area contributed by atoms with Crippen LogP contribution in [0.1, 0.15) is 173 Å². The Morgan fingerprint density at radius 1 is 0.389 bits per heavy atom. The van der Waals surface area contributed by atoms with Crippen LogP contribution in [0.4, 0.5) is 0 Å². The zero-order chi connectivity index (χ0) is 51.7. The first-order chi connectivity index (χ1) is 33.8. The Kier molecular flexibility index (Phi) is 13.9. The zero-order valence-electron chi connectivity index (χ0n) is 44.3. The summed E-state index contributed by atoms with van der Waals surface area (Å²) in [5.74, 6) is 2.01. The highest BCUT2D eigenvalue weighted by atomic mass is 32.1. The molecule has 0 saturated heterocycles. The summed E-state index contributed by atoms with van der Waals surface area (Å²) in [6.07, 6.45) is 1.65. The molecule has 0 aliphatic heterocycles. The van der Waals surface area contributed by atoms with E-state index in [1.165, 1.54) is 11.1 Å². The van der Waals surface area contributed by atoms with Crippen molar-refractivity contribution < 1.29 is 19.7 Å². The van der Waals surface area contributed by atoms with E-state index in [1.807, 2.05) is 13.8 Å². The van der Waals surface area contributed by atoms with Gasteiger partial charge in [-0.05, 0) is 102 Å². The molecule has 1 aliphatic carbocycles. The monoisotopic (exact) mass is 1040 g/mol. The molecule has 0 atom stereocenters. The first-order valence-corrected chi connectivity index (χ1v) is 28.3. The third-order valence-electron chi connectivity index (χ3n) is 13.4. The fourth-order valence-corrected chi connectivity index (χ4v) is 12.5. The number of benzene rings is 4. The van der Waals surface area contributed by atoms with E-state index in [4.69, 9.17) is 29.4 Å². The smallest absolute Gasteiger partial charge is 0.152 e. The maximum absolute atomic E-state index is 12.6. The Morgan fingerprint density at radius 3 is 0.917 bits per heavy atom. The molecule has 0 radical (unpaired) electrons. The standard InChI is InChI=1S/C60H68N4O4S4/c1-33-29-69-53(61-33)55-63-47(31-71-55)27-67-51-39-16-37-21-43(57(3,4)5)19-35(49(37)65)15-36-20-44(58(6,7)8)22-38(50(36)66)17-40-24-46(60(12,13)14)26-42(18-41(51)25-45(23-39)59(9,10)11)52(40)68-28-48-32-72-56(64-48)54-62-34(2)30-70-54/h19-26,29-32,65-66H,15-18,27-28H2,1-14H3. The van der Waals surface area contributed by atoms with Crippen LogP contribution in [0.25, 0.3) is 20.0 Å². The minimum atomic E-state index is -0.224. The molecule has 0 unspecified atom stereocenters. The van der Waals surface area contributed by atoms with E-state index in [1.54, 1.807) is 45.3 Å². The average molecular weight is 1040 g/mol. The van der Waals surface area contributed by atoms with Crippen molar-refractivity contribution in [2.24, 2.45) is 0 Å². The van der Waals surface area contributed by atoms with Gasteiger partial charge in [0.05, 0.1) is 11.4 Å². The largest absolute Gasteiger partial charge is 0.507 e. The van der Waals surface area contributed by atoms with Crippen LogP contribution in [0.3, 0.4) is 0 Å². The lowest BCUT2D eigenvalue weighted by Gasteiger charge is -2.28. The van der Waals surface area contributed by atoms with Crippen LogP contribution in [0.15, 0.2) is 70.1 Å². The molecule has 0 spiro atoms. The molecule has 4 aromatic heterocycles. The van der Waals surface area contributed by atoms with Gasteiger partial charge in [0.2, 0.25) is 0 Å². The number of nitrogens with zero attached hydrogens (tertiary/aromatic N) is 4.